The van der Waals surface area contributed by atoms with Crippen LogP contribution in [0.1, 0.15) is 63.0 Å². The molecule has 3 rings (SSSR count). The summed E-state index contributed by atoms with van der Waals surface area (Å²) in [6.45, 7) is 6.16. The molecule has 6 nitrogen and oxygen atoms in total. The molecule has 1 amide bonds. The van der Waals surface area contributed by atoms with E-state index >= 15 is 0 Å². The van der Waals surface area contributed by atoms with E-state index in [9.17, 15) is 9.59 Å². The highest BCUT2D eigenvalue weighted by Crippen LogP contribution is 2.42. The Kier molecular flexibility index (Phi) is 8.83. The van der Waals surface area contributed by atoms with Gasteiger partial charge in [0, 0.05) is 18.8 Å². The SMILES string of the molecule is CC(N)=NC=O.CNc1cc(C)ccc1C1(C=O)CCC(N2CCCCC2)CC1. The Morgan fingerprint density at radius 2 is 1.86 bits per heavy atom. The van der Waals surface area contributed by atoms with Crippen molar-refractivity contribution in [2.24, 2.45) is 10.7 Å². The van der Waals surface area contributed by atoms with Crippen LogP contribution >= 0.6 is 0 Å². The number of likely N-dealkylation sites (tertiary alicyclic amines) is 1. The Hall–Kier alpha value is -2.21. The Morgan fingerprint density at radius 1 is 1.21 bits per heavy atom. The lowest BCUT2D eigenvalue weighted by Crippen LogP contribution is -2.45. The number of carbonyl (C=O) groups is 2. The third kappa shape index (κ3) is 6.13. The van der Waals surface area contributed by atoms with Crippen LogP contribution in [0, 0.1) is 6.92 Å². The number of nitrogens with one attached hydrogen (secondary N) is 1. The number of aldehydes is 1. The minimum absolute atomic E-state index is 0.293. The van der Waals surface area contributed by atoms with E-state index in [1.54, 1.807) is 6.92 Å². The first-order chi connectivity index (χ1) is 14.0. The van der Waals surface area contributed by atoms with Crippen molar-refractivity contribution < 1.29 is 9.59 Å². The highest BCUT2D eigenvalue weighted by molar-refractivity contribution is 5.83. The van der Waals surface area contributed by atoms with Crippen LogP contribution in [0.2, 0.25) is 0 Å². The minimum atomic E-state index is -0.293. The van der Waals surface area contributed by atoms with Crippen molar-refractivity contribution in [2.45, 2.75) is 70.3 Å². The van der Waals surface area contributed by atoms with Gasteiger partial charge in [0.15, 0.2) is 0 Å². The second-order valence-corrected chi connectivity index (χ2v) is 8.28. The first-order valence-corrected chi connectivity index (χ1v) is 10.7. The molecule has 2 fully saturated rings. The van der Waals surface area contributed by atoms with Crippen molar-refractivity contribution in [3.8, 4) is 0 Å². The fourth-order valence-electron chi connectivity index (χ4n) is 4.60. The zero-order valence-corrected chi connectivity index (χ0v) is 18.1. The molecular formula is C23H36N4O2. The summed E-state index contributed by atoms with van der Waals surface area (Å²) in [5.74, 6) is 0.296. The molecule has 3 N–H and O–H groups in total. The Labute approximate surface area is 174 Å². The number of piperidine rings is 1. The maximum Gasteiger partial charge on any atom is 0.234 e. The fraction of sp³-hybridized carbons (Fsp3) is 0.609. The molecule has 1 aromatic carbocycles. The van der Waals surface area contributed by atoms with Crippen molar-refractivity contribution in [3.05, 3.63) is 29.3 Å². The van der Waals surface area contributed by atoms with Crippen LogP contribution in [0.15, 0.2) is 23.2 Å². The lowest BCUT2D eigenvalue weighted by Gasteiger charge is -2.43. The third-order valence-corrected chi connectivity index (χ3v) is 6.22. The summed E-state index contributed by atoms with van der Waals surface area (Å²) in [4.78, 5) is 27.2. The van der Waals surface area contributed by atoms with E-state index in [4.69, 9.17) is 5.73 Å². The van der Waals surface area contributed by atoms with E-state index in [-0.39, 0.29) is 5.41 Å². The zero-order chi connectivity index (χ0) is 21.3. The molecule has 0 bridgehead atoms. The number of hydrogen-bond acceptors (Lipinski definition) is 4. The number of amidine groups is 1. The van der Waals surface area contributed by atoms with Gasteiger partial charge >= 0.3 is 0 Å². The van der Waals surface area contributed by atoms with E-state index in [1.165, 1.54) is 49.8 Å². The second-order valence-electron chi connectivity index (χ2n) is 8.28. The lowest BCUT2D eigenvalue weighted by molar-refractivity contribution is -0.114. The van der Waals surface area contributed by atoms with Gasteiger partial charge in [0.1, 0.15) is 6.29 Å². The highest BCUT2D eigenvalue weighted by atomic mass is 16.1. The number of nitrogens with two attached hydrogens (primary N) is 1. The van der Waals surface area contributed by atoms with Crippen LogP contribution in [0.4, 0.5) is 5.69 Å². The third-order valence-electron chi connectivity index (χ3n) is 6.22. The molecule has 1 saturated carbocycles. The number of anilines is 1. The van der Waals surface area contributed by atoms with Gasteiger partial charge in [-0.25, -0.2) is 4.99 Å². The normalized spacial score (nSPS) is 25.5. The highest BCUT2D eigenvalue weighted by Gasteiger charge is 2.39. The fourth-order valence-corrected chi connectivity index (χ4v) is 4.60. The summed E-state index contributed by atoms with van der Waals surface area (Å²) < 4.78 is 0. The van der Waals surface area contributed by atoms with Gasteiger partial charge in [0.2, 0.25) is 6.41 Å². The summed E-state index contributed by atoms with van der Waals surface area (Å²) in [6.07, 6.45) is 9.97. The smallest absolute Gasteiger partial charge is 0.234 e. The predicted molar refractivity (Wildman–Crippen MR) is 120 cm³/mol. The molecule has 0 unspecified atom stereocenters. The molecule has 0 atom stereocenters. The maximum atomic E-state index is 12.1. The monoisotopic (exact) mass is 400 g/mol. The molecule has 160 valence electrons. The predicted octanol–water partition coefficient (Wildman–Crippen LogP) is 3.42. The average molecular weight is 401 g/mol. The number of nitrogens with zero attached hydrogens (tertiary/aromatic N) is 2. The molecule has 2 aliphatic rings. The molecule has 6 heteroatoms. The first-order valence-electron chi connectivity index (χ1n) is 10.7. The molecule has 0 spiro atoms. The van der Waals surface area contributed by atoms with E-state index < -0.39 is 0 Å². The summed E-state index contributed by atoms with van der Waals surface area (Å²) >= 11 is 0. The Balaban J connectivity index is 0.000000438. The minimum Gasteiger partial charge on any atom is -0.388 e. The topological polar surface area (TPSA) is 87.8 Å². The Morgan fingerprint density at radius 3 is 2.34 bits per heavy atom. The number of rotatable bonds is 5. The molecule has 1 heterocycles. The molecule has 1 aliphatic carbocycles. The van der Waals surface area contributed by atoms with Gasteiger partial charge in [-0.1, -0.05) is 18.6 Å². The molecule has 0 aromatic heterocycles. The summed E-state index contributed by atoms with van der Waals surface area (Å²) in [5, 5.41) is 3.30. The van der Waals surface area contributed by atoms with Crippen molar-refractivity contribution in [2.75, 3.05) is 25.5 Å². The van der Waals surface area contributed by atoms with Gasteiger partial charge < -0.3 is 20.7 Å². The number of benzene rings is 1. The molecular weight excluding hydrogens is 364 g/mol. The average Bonchev–Trinajstić information content (AvgIpc) is 2.74. The van der Waals surface area contributed by atoms with Crippen LogP contribution in [0.25, 0.3) is 0 Å². The van der Waals surface area contributed by atoms with Gasteiger partial charge in [0.25, 0.3) is 0 Å². The molecule has 29 heavy (non-hydrogen) atoms. The number of aryl methyl sites for hydroxylation is 1. The van der Waals surface area contributed by atoms with Crippen molar-refractivity contribution in [3.63, 3.8) is 0 Å². The standard InChI is InChI=1S/C20H30N2O.C3H6N2O/c1-16-6-7-18(19(14-16)21-2)20(15-23)10-8-17(9-11-20)22-12-4-3-5-13-22;1-3(4)5-2-6/h6-7,14-15,17,21H,3-5,8-13H2,1-2H3;2H,1H3,(H2,4,5,6). The zero-order valence-electron chi connectivity index (χ0n) is 18.1. The summed E-state index contributed by atoms with van der Waals surface area (Å²) in [5.41, 5.74) is 8.18. The van der Waals surface area contributed by atoms with Crippen LogP contribution in [0.3, 0.4) is 0 Å². The summed E-state index contributed by atoms with van der Waals surface area (Å²) in [7, 11) is 1.95. The number of carbonyl (C=O) groups excluding carboxylic acids is 2. The van der Waals surface area contributed by atoms with E-state index in [0.717, 1.165) is 31.4 Å². The molecule has 1 saturated heterocycles. The van der Waals surface area contributed by atoms with Gasteiger partial charge in [-0.15, -0.1) is 0 Å². The number of amides is 1. The van der Waals surface area contributed by atoms with Crippen molar-refractivity contribution >= 4 is 24.2 Å². The lowest BCUT2D eigenvalue weighted by atomic mass is 9.68. The van der Waals surface area contributed by atoms with Crippen LogP contribution < -0.4 is 11.1 Å². The van der Waals surface area contributed by atoms with Crippen LogP contribution in [0.5, 0.6) is 0 Å². The molecule has 0 radical (unpaired) electrons. The molecule has 1 aliphatic heterocycles. The largest absolute Gasteiger partial charge is 0.388 e. The van der Waals surface area contributed by atoms with E-state index in [1.807, 2.05) is 7.05 Å². The Bertz CT molecular complexity index is 699. The van der Waals surface area contributed by atoms with Gasteiger partial charge in [-0.05, 0) is 82.7 Å². The second kappa shape index (κ2) is 11.1. The van der Waals surface area contributed by atoms with Crippen LogP contribution in [-0.2, 0) is 15.0 Å². The quantitative estimate of drug-likeness (QED) is 0.449. The molecule has 1 aromatic rings. The van der Waals surface area contributed by atoms with Gasteiger partial charge in [-0.3, -0.25) is 4.79 Å². The van der Waals surface area contributed by atoms with E-state index in [2.05, 4.69) is 40.3 Å². The van der Waals surface area contributed by atoms with Gasteiger partial charge in [0.05, 0.1) is 11.3 Å². The van der Waals surface area contributed by atoms with Gasteiger partial charge in [-0.2, -0.15) is 0 Å². The summed E-state index contributed by atoms with van der Waals surface area (Å²) in [6, 6.07) is 7.15. The maximum absolute atomic E-state index is 12.1. The first kappa shape index (κ1) is 23.1. The number of aliphatic imine (C=N–C) groups is 1. The van der Waals surface area contributed by atoms with Crippen LogP contribution in [-0.4, -0.2) is 49.6 Å². The van der Waals surface area contributed by atoms with Crippen molar-refractivity contribution in [1.82, 2.24) is 4.90 Å². The number of hydrogen-bond donors (Lipinski definition) is 2. The van der Waals surface area contributed by atoms with Crippen molar-refractivity contribution in [1.29, 1.82) is 0 Å². The van der Waals surface area contributed by atoms with E-state index in [0.29, 0.717) is 18.3 Å².